The highest BCUT2D eigenvalue weighted by Crippen LogP contribution is 2.34. The number of nitrogens with zero attached hydrogens (tertiary/aromatic N) is 3. The average Bonchev–Trinajstić information content (AvgIpc) is 2.95. The average molecular weight is 366 g/mol. The Morgan fingerprint density at radius 3 is 2.96 bits per heavy atom. The summed E-state index contributed by atoms with van der Waals surface area (Å²) in [5.74, 6) is 0.00939. The molecule has 2 atom stereocenters. The SMILES string of the molecule is Cn1cnnc1Sc1ccc(NC(=O)C2CCCC(N)C2)cc1Cl. The van der Waals surface area contributed by atoms with Gasteiger partial charge in [-0.1, -0.05) is 18.0 Å². The number of amides is 1. The van der Waals surface area contributed by atoms with Gasteiger partial charge in [0.25, 0.3) is 0 Å². The molecular formula is C16H20ClN5OS. The first kappa shape index (κ1) is 17.3. The highest BCUT2D eigenvalue weighted by Gasteiger charge is 2.25. The van der Waals surface area contributed by atoms with E-state index < -0.39 is 0 Å². The van der Waals surface area contributed by atoms with E-state index in [4.69, 9.17) is 17.3 Å². The van der Waals surface area contributed by atoms with E-state index in [-0.39, 0.29) is 17.9 Å². The summed E-state index contributed by atoms with van der Waals surface area (Å²) in [6.45, 7) is 0. The predicted molar refractivity (Wildman–Crippen MR) is 95.1 cm³/mol. The van der Waals surface area contributed by atoms with E-state index in [2.05, 4.69) is 15.5 Å². The van der Waals surface area contributed by atoms with E-state index in [0.717, 1.165) is 35.7 Å². The van der Waals surface area contributed by atoms with Gasteiger partial charge in [0.05, 0.1) is 5.02 Å². The number of hydrogen-bond acceptors (Lipinski definition) is 5. The van der Waals surface area contributed by atoms with Crippen LogP contribution in [-0.2, 0) is 11.8 Å². The highest BCUT2D eigenvalue weighted by molar-refractivity contribution is 7.99. The molecular weight excluding hydrogens is 346 g/mol. The Hall–Kier alpha value is -1.57. The number of aromatic nitrogens is 3. The molecule has 0 spiro atoms. The van der Waals surface area contributed by atoms with Gasteiger partial charge in [-0.25, -0.2) is 0 Å². The fourth-order valence-electron chi connectivity index (χ4n) is 2.83. The Balaban J connectivity index is 1.66. The van der Waals surface area contributed by atoms with E-state index in [0.29, 0.717) is 10.7 Å². The van der Waals surface area contributed by atoms with Crippen molar-refractivity contribution in [2.75, 3.05) is 5.32 Å². The molecule has 0 bridgehead atoms. The fourth-order valence-corrected chi connectivity index (χ4v) is 3.90. The summed E-state index contributed by atoms with van der Waals surface area (Å²) >= 11 is 7.77. The zero-order valence-corrected chi connectivity index (χ0v) is 15.0. The zero-order valence-electron chi connectivity index (χ0n) is 13.4. The van der Waals surface area contributed by atoms with Gasteiger partial charge in [-0.15, -0.1) is 10.2 Å². The van der Waals surface area contributed by atoms with Gasteiger partial charge in [0, 0.05) is 29.6 Å². The van der Waals surface area contributed by atoms with Gasteiger partial charge in [0.15, 0.2) is 5.16 Å². The maximum absolute atomic E-state index is 12.4. The van der Waals surface area contributed by atoms with Crippen molar-refractivity contribution in [1.29, 1.82) is 0 Å². The minimum absolute atomic E-state index is 0.0137. The summed E-state index contributed by atoms with van der Waals surface area (Å²) in [6, 6.07) is 5.62. The molecule has 1 aliphatic rings. The number of hydrogen-bond donors (Lipinski definition) is 2. The van der Waals surface area contributed by atoms with Gasteiger partial charge in [-0.3, -0.25) is 4.79 Å². The normalized spacial score (nSPS) is 20.8. The monoisotopic (exact) mass is 365 g/mol. The van der Waals surface area contributed by atoms with Crippen molar-refractivity contribution in [3.63, 3.8) is 0 Å². The van der Waals surface area contributed by atoms with Crippen molar-refractivity contribution in [2.45, 2.75) is 41.8 Å². The summed E-state index contributed by atoms with van der Waals surface area (Å²) < 4.78 is 1.82. The number of nitrogens with two attached hydrogens (primary N) is 1. The molecule has 2 aromatic rings. The van der Waals surface area contributed by atoms with Crippen molar-refractivity contribution >= 4 is 35.0 Å². The van der Waals surface area contributed by atoms with Crippen LogP contribution in [0.2, 0.25) is 5.02 Å². The van der Waals surface area contributed by atoms with Crippen LogP contribution in [0.3, 0.4) is 0 Å². The lowest BCUT2D eigenvalue weighted by molar-refractivity contribution is -0.120. The molecule has 0 aliphatic heterocycles. The Morgan fingerprint density at radius 2 is 2.29 bits per heavy atom. The van der Waals surface area contributed by atoms with Crippen LogP contribution < -0.4 is 11.1 Å². The molecule has 128 valence electrons. The molecule has 1 amide bonds. The molecule has 1 saturated carbocycles. The second-order valence-electron chi connectivity index (χ2n) is 6.08. The summed E-state index contributed by atoms with van der Waals surface area (Å²) in [5, 5.41) is 12.1. The number of nitrogens with one attached hydrogen (secondary N) is 1. The fraction of sp³-hybridized carbons (Fsp3) is 0.438. The standard InChI is InChI=1S/C16H20ClN5OS/c1-22-9-19-21-16(22)24-14-6-5-12(8-13(14)17)20-15(23)10-3-2-4-11(18)7-10/h5-6,8-11H,2-4,7,18H2,1H3,(H,20,23). The molecule has 6 nitrogen and oxygen atoms in total. The lowest BCUT2D eigenvalue weighted by Crippen LogP contribution is -2.34. The summed E-state index contributed by atoms with van der Waals surface area (Å²) in [4.78, 5) is 13.2. The Labute approximate surface area is 150 Å². The summed E-state index contributed by atoms with van der Waals surface area (Å²) in [6.07, 6.45) is 5.30. The van der Waals surface area contributed by atoms with Crippen LogP contribution in [-0.4, -0.2) is 26.7 Å². The Bertz CT molecular complexity index is 735. The maximum atomic E-state index is 12.4. The van der Waals surface area contributed by atoms with Crippen LogP contribution >= 0.6 is 23.4 Å². The van der Waals surface area contributed by atoms with E-state index in [1.165, 1.54) is 11.8 Å². The van der Waals surface area contributed by atoms with E-state index in [1.54, 1.807) is 12.4 Å². The van der Waals surface area contributed by atoms with E-state index in [1.807, 2.05) is 23.7 Å². The van der Waals surface area contributed by atoms with Crippen molar-refractivity contribution in [3.05, 3.63) is 29.5 Å². The second kappa shape index (κ2) is 7.55. The molecule has 1 aromatic heterocycles. The summed E-state index contributed by atoms with van der Waals surface area (Å²) in [5.41, 5.74) is 6.66. The lowest BCUT2D eigenvalue weighted by atomic mass is 9.85. The largest absolute Gasteiger partial charge is 0.328 e. The number of benzene rings is 1. The minimum Gasteiger partial charge on any atom is -0.328 e. The van der Waals surface area contributed by atoms with Crippen LogP contribution in [0, 0.1) is 5.92 Å². The van der Waals surface area contributed by atoms with E-state index >= 15 is 0 Å². The van der Waals surface area contributed by atoms with Crippen molar-refractivity contribution in [1.82, 2.24) is 14.8 Å². The third-order valence-corrected chi connectivity index (χ3v) is 5.71. The van der Waals surface area contributed by atoms with Gasteiger partial charge in [-0.2, -0.15) is 0 Å². The number of halogens is 1. The van der Waals surface area contributed by atoms with Gasteiger partial charge in [0.1, 0.15) is 6.33 Å². The number of carbonyl (C=O) groups is 1. The first-order valence-corrected chi connectivity index (χ1v) is 9.10. The molecule has 24 heavy (non-hydrogen) atoms. The second-order valence-corrected chi connectivity index (χ2v) is 7.50. The van der Waals surface area contributed by atoms with Gasteiger partial charge in [-0.05, 0) is 49.2 Å². The molecule has 1 fully saturated rings. The first-order chi connectivity index (χ1) is 11.5. The number of anilines is 1. The molecule has 1 aromatic carbocycles. The van der Waals surface area contributed by atoms with Gasteiger partial charge in [0.2, 0.25) is 5.91 Å². The zero-order chi connectivity index (χ0) is 17.1. The van der Waals surface area contributed by atoms with Crippen molar-refractivity contribution in [2.24, 2.45) is 18.7 Å². The molecule has 3 rings (SSSR count). The lowest BCUT2D eigenvalue weighted by Gasteiger charge is -2.25. The quantitative estimate of drug-likeness (QED) is 0.869. The molecule has 1 heterocycles. The van der Waals surface area contributed by atoms with Crippen LogP contribution in [0.5, 0.6) is 0 Å². The first-order valence-electron chi connectivity index (χ1n) is 7.91. The molecule has 2 unspecified atom stereocenters. The van der Waals surface area contributed by atoms with Crippen molar-refractivity contribution < 1.29 is 4.79 Å². The number of aryl methyl sites for hydroxylation is 1. The summed E-state index contributed by atoms with van der Waals surface area (Å²) in [7, 11) is 1.87. The van der Waals surface area contributed by atoms with E-state index in [9.17, 15) is 4.79 Å². The molecule has 0 saturated heterocycles. The van der Waals surface area contributed by atoms with Crippen molar-refractivity contribution in [3.8, 4) is 0 Å². The van der Waals surface area contributed by atoms with Gasteiger partial charge >= 0.3 is 0 Å². The third-order valence-electron chi connectivity index (χ3n) is 4.16. The van der Waals surface area contributed by atoms with Gasteiger partial charge < -0.3 is 15.6 Å². The highest BCUT2D eigenvalue weighted by atomic mass is 35.5. The van der Waals surface area contributed by atoms with Crippen LogP contribution in [0.25, 0.3) is 0 Å². The number of carbonyl (C=O) groups excluding carboxylic acids is 1. The minimum atomic E-state index is -0.0137. The molecule has 3 N–H and O–H groups in total. The molecule has 0 radical (unpaired) electrons. The Morgan fingerprint density at radius 1 is 1.46 bits per heavy atom. The van der Waals surface area contributed by atoms with Crippen LogP contribution in [0.4, 0.5) is 5.69 Å². The third kappa shape index (κ3) is 4.09. The van der Waals surface area contributed by atoms with Crippen LogP contribution in [0.15, 0.2) is 34.6 Å². The predicted octanol–water partition coefficient (Wildman–Crippen LogP) is 3.08. The van der Waals surface area contributed by atoms with Crippen LogP contribution in [0.1, 0.15) is 25.7 Å². The smallest absolute Gasteiger partial charge is 0.227 e. The maximum Gasteiger partial charge on any atom is 0.227 e. The number of rotatable bonds is 4. The topological polar surface area (TPSA) is 85.8 Å². The molecule has 1 aliphatic carbocycles. The molecule has 8 heteroatoms. The Kier molecular flexibility index (Phi) is 5.43.